The number of anilines is 1. The van der Waals surface area contributed by atoms with E-state index in [1.807, 2.05) is 18.2 Å². The summed E-state index contributed by atoms with van der Waals surface area (Å²) in [4.78, 5) is 11.2. The van der Waals surface area contributed by atoms with E-state index in [2.05, 4.69) is 16.7 Å². The van der Waals surface area contributed by atoms with Gasteiger partial charge in [-0.15, -0.1) is 0 Å². The maximum atomic E-state index is 11.2. The lowest BCUT2D eigenvalue weighted by Gasteiger charge is -2.27. The molecule has 2 rings (SSSR count). The number of ether oxygens (including phenoxy) is 1. The van der Waals surface area contributed by atoms with Crippen LogP contribution in [0.25, 0.3) is 0 Å². The molecule has 1 aromatic carbocycles. The highest BCUT2D eigenvalue weighted by molar-refractivity contribution is 5.68. The molecular weight excluding hydrogens is 204 g/mol. The number of carbonyl (C=O) groups is 1. The summed E-state index contributed by atoms with van der Waals surface area (Å²) < 4.78 is 4.84. The highest BCUT2D eigenvalue weighted by Gasteiger charge is 2.18. The minimum atomic E-state index is -0.362. The van der Waals surface area contributed by atoms with Crippen LogP contribution < -0.4 is 10.6 Å². The summed E-state index contributed by atoms with van der Waals surface area (Å²) in [5, 5.41) is 6.06. The normalized spacial score (nSPS) is 18.2. The van der Waals surface area contributed by atoms with Crippen LogP contribution in [0.1, 0.15) is 18.9 Å². The molecule has 16 heavy (non-hydrogen) atoms. The van der Waals surface area contributed by atoms with Crippen LogP contribution in [0.3, 0.4) is 0 Å². The van der Waals surface area contributed by atoms with Gasteiger partial charge in [0, 0.05) is 5.69 Å². The van der Waals surface area contributed by atoms with Gasteiger partial charge in [0.1, 0.15) is 6.17 Å². The van der Waals surface area contributed by atoms with Crippen molar-refractivity contribution in [2.24, 2.45) is 0 Å². The summed E-state index contributed by atoms with van der Waals surface area (Å²) >= 11 is 0. The van der Waals surface area contributed by atoms with Gasteiger partial charge in [0.2, 0.25) is 0 Å². The van der Waals surface area contributed by atoms with Gasteiger partial charge in [-0.25, -0.2) is 4.79 Å². The number of para-hydroxylation sites is 1. The minimum Gasteiger partial charge on any atom is -0.450 e. The topological polar surface area (TPSA) is 50.4 Å². The van der Waals surface area contributed by atoms with Crippen LogP contribution in [-0.4, -0.2) is 18.9 Å². The average Bonchev–Trinajstić information content (AvgIpc) is 2.29. The highest BCUT2D eigenvalue weighted by atomic mass is 16.5. The van der Waals surface area contributed by atoms with E-state index in [0.717, 1.165) is 18.5 Å². The van der Waals surface area contributed by atoms with E-state index in [-0.39, 0.29) is 12.3 Å². The van der Waals surface area contributed by atoms with Gasteiger partial charge >= 0.3 is 6.09 Å². The Morgan fingerprint density at radius 3 is 3.19 bits per heavy atom. The van der Waals surface area contributed by atoms with Crippen LogP contribution in [0.4, 0.5) is 10.5 Å². The van der Waals surface area contributed by atoms with Gasteiger partial charge in [-0.1, -0.05) is 18.2 Å². The van der Waals surface area contributed by atoms with Gasteiger partial charge in [-0.2, -0.15) is 0 Å². The molecule has 1 aliphatic rings. The molecule has 4 heteroatoms. The number of hydrogen-bond donors (Lipinski definition) is 2. The third-order valence-electron chi connectivity index (χ3n) is 2.62. The van der Waals surface area contributed by atoms with Gasteiger partial charge < -0.3 is 15.4 Å². The largest absolute Gasteiger partial charge is 0.450 e. The SMILES string of the molecule is CCOC(=O)NC1CCc2ccccc2N1. The number of benzene rings is 1. The molecule has 0 bridgehead atoms. The lowest BCUT2D eigenvalue weighted by Crippen LogP contribution is -2.43. The standard InChI is InChI=1S/C12H16N2O2/c1-2-16-12(15)14-11-8-7-9-5-3-4-6-10(9)13-11/h3-6,11,13H,2,7-8H2,1H3,(H,14,15). The molecule has 0 spiro atoms. The number of amides is 1. The van der Waals surface area contributed by atoms with E-state index in [1.165, 1.54) is 5.56 Å². The minimum absolute atomic E-state index is 0.0334. The zero-order valence-electron chi connectivity index (χ0n) is 9.32. The molecule has 1 unspecified atom stereocenters. The Balaban J connectivity index is 1.95. The quantitative estimate of drug-likeness (QED) is 0.802. The Morgan fingerprint density at radius 2 is 2.38 bits per heavy atom. The number of nitrogens with one attached hydrogen (secondary N) is 2. The molecule has 86 valence electrons. The number of aryl methyl sites for hydroxylation is 1. The second-order valence-corrected chi connectivity index (χ2v) is 3.76. The van der Waals surface area contributed by atoms with Crippen molar-refractivity contribution in [3.63, 3.8) is 0 Å². The summed E-state index contributed by atoms with van der Waals surface area (Å²) in [6.07, 6.45) is 1.46. The average molecular weight is 220 g/mol. The van der Waals surface area contributed by atoms with Crippen LogP contribution in [0, 0.1) is 0 Å². The van der Waals surface area contributed by atoms with Crippen molar-refractivity contribution < 1.29 is 9.53 Å². The molecule has 1 amide bonds. The fourth-order valence-corrected chi connectivity index (χ4v) is 1.86. The molecule has 0 saturated heterocycles. The van der Waals surface area contributed by atoms with Crippen molar-refractivity contribution in [1.29, 1.82) is 0 Å². The molecule has 1 aliphatic heterocycles. The zero-order valence-corrected chi connectivity index (χ0v) is 9.32. The van der Waals surface area contributed by atoms with Crippen LogP contribution >= 0.6 is 0 Å². The van der Waals surface area contributed by atoms with E-state index < -0.39 is 0 Å². The van der Waals surface area contributed by atoms with Crippen molar-refractivity contribution in [3.8, 4) is 0 Å². The summed E-state index contributed by atoms with van der Waals surface area (Å²) in [5.41, 5.74) is 2.39. The smallest absolute Gasteiger partial charge is 0.408 e. The lowest BCUT2D eigenvalue weighted by molar-refractivity contribution is 0.148. The van der Waals surface area contributed by atoms with Gasteiger partial charge in [0.05, 0.1) is 6.61 Å². The summed E-state index contributed by atoms with van der Waals surface area (Å²) in [6, 6.07) is 8.13. The third kappa shape index (κ3) is 2.45. The van der Waals surface area contributed by atoms with E-state index in [0.29, 0.717) is 6.61 Å². The van der Waals surface area contributed by atoms with Crippen molar-refractivity contribution >= 4 is 11.8 Å². The first-order chi connectivity index (χ1) is 7.79. The second-order valence-electron chi connectivity index (χ2n) is 3.76. The first kappa shape index (κ1) is 10.8. The Hall–Kier alpha value is -1.71. The number of rotatable bonds is 2. The fourth-order valence-electron chi connectivity index (χ4n) is 1.86. The molecule has 1 atom stereocenters. The molecule has 4 nitrogen and oxygen atoms in total. The van der Waals surface area contributed by atoms with Gasteiger partial charge in [-0.3, -0.25) is 0 Å². The fraction of sp³-hybridized carbons (Fsp3) is 0.417. The first-order valence-electron chi connectivity index (χ1n) is 5.57. The van der Waals surface area contributed by atoms with Crippen molar-refractivity contribution in [3.05, 3.63) is 29.8 Å². The Kier molecular flexibility index (Phi) is 3.29. The Labute approximate surface area is 95.0 Å². The first-order valence-corrected chi connectivity index (χ1v) is 5.57. The van der Waals surface area contributed by atoms with Crippen LogP contribution in [-0.2, 0) is 11.2 Å². The van der Waals surface area contributed by atoms with E-state index >= 15 is 0 Å². The predicted octanol–water partition coefficient (Wildman–Crippen LogP) is 2.12. The highest BCUT2D eigenvalue weighted by Crippen LogP contribution is 2.23. The van der Waals surface area contributed by atoms with Gasteiger partial charge in [-0.05, 0) is 31.4 Å². The molecule has 0 aliphatic carbocycles. The monoisotopic (exact) mass is 220 g/mol. The second kappa shape index (κ2) is 4.88. The summed E-state index contributed by atoms with van der Waals surface area (Å²) in [5.74, 6) is 0. The van der Waals surface area contributed by atoms with E-state index in [1.54, 1.807) is 6.92 Å². The molecule has 0 fully saturated rings. The summed E-state index contributed by atoms with van der Waals surface area (Å²) in [6.45, 7) is 2.19. The Bertz CT molecular complexity index is 379. The van der Waals surface area contributed by atoms with Gasteiger partial charge in [0.15, 0.2) is 0 Å². The van der Waals surface area contributed by atoms with E-state index in [4.69, 9.17) is 4.74 Å². The molecular formula is C12H16N2O2. The molecule has 2 N–H and O–H groups in total. The number of carbonyl (C=O) groups excluding carboxylic acids is 1. The van der Waals surface area contributed by atoms with E-state index in [9.17, 15) is 4.79 Å². The molecule has 1 aromatic rings. The molecule has 0 saturated carbocycles. The Morgan fingerprint density at radius 1 is 1.56 bits per heavy atom. The zero-order chi connectivity index (χ0) is 11.4. The predicted molar refractivity (Wildman–Crippen MR) is 62.3 cm³/mol. The third-order valence-corrected chi connectivity index (χ3v) is 2.62. The van der Waals surface area contributed by atoms with Crippen molar-refractivity contribution in [2.45, 2.75) is 25.9 Å². The molecule has 0 radical (unpaired) electrons. The molecule has 0 aromatic heterocycles. The van der Waals surface area contributed by atoms with Crippen LogP contribution in [0.5, 0.6) is 0 Å². The lowest BCUT2D eigenvalue weighted by atomic mass is 10.0. The molecule has 1 heterocycles. The maximum absolute atomic E-state index is 11.2. The van der Waals surface area contributed by atoms with Gasteiger partial charge in [0.25, 0.3) is 0 Å². The number of hydrogen-bond acceptors (Lipinski definition) is 3. The summed E-state index contributed by atoms with van der Waals surface area (Å²) in [7, 11) is 0. The maximum Gasteiger partial charge on any atom is 0.408 e. The number of alkyl carbamates (subject to hydrolysis) is 1. The number of fused-ring (bicyclic) bond motifs is 1. The van der Waals surface area contributed by atoms with Crippen molar-refractivity contribution in [2.75, 3.05) is 11.9 Å². The van der Waals surface area contributed by atoms with Crippen molar-refractivity contribution in [1.82, 2.24) is 5.32 Å². The van der Waals surface area contributed by atoms with Crippen LogP contribution in [0.2, 0.25) is 0 Å². The van der Waals surface area contributed by atoms with Crippen LogP contribution in [0.15, 0.2) is 24.3 Å².